The second-order valence-corrected chi connectivity index (χ2v) is 1.18. The van der Waals surface area contributed by atoms with Crippen molar-refractivity contribution in [3.8, 4) is 0 Å². The molecule has 1 atom stereocenters. The molecule has 0 spiro atoms. The Morgan fingerprint density at radius 2 is 2.25 bits per heavy atom. The Labute approximate surface area is 73.5 Å². The van der Waals surface area contributed by atoms with Gasteiger partial charge in [-0.1, -0.05) is 6.04 Å². The molecule has 0 saturated heterocycles. The Balaban J connectivity index is 0. The van der Waals surface area contributed by atoms with Crippen LogP contribution in [0.4, 0.5) is 0 Å². The molecule has 0 saturated carbocycles. The molecule has 3 nitrogen and oxygen atoms in total. The molecule has 0 rings (SSSR count). The first kappa shape index (κ1) is 11.3. The molecule has 4 heteroatoms. The summed E-state index contributed by atoms with van der Waals surface area (Å²) in [7, 11) is 0. The van der Waals surface area contributed by atoms with Gasteiger partial charge in [-0.05, 0) is 0 Å². The van der Waals surface area contributed by atoms with Gasteiger partial charge in [0.2, 0.25) is 0 Å². The van der Waals surface area contributed by atoms with Gasteiger partial charge in [-0.25, -0.2) is 0 Å². The third-order valence-corrected chi connectivity index (χ3v) is 0.587. The van der Waals surface area contributed by atoms with E-state index in [9.17, 15) is 4.79 Å². The van der Waals surface area contributed by atoms with Crippen molar-refractivity contribution in [1.29, 1.82) is 0 Å². The van der Waals surface area contributed by atoms with Crippen molar-refractivity contribution in [2.75, 3.05) is 0 Å². The number of hydrogen-bond acceptors (Lipinski definition) is 1. The zero-order chi connectivity index (χ0) is 5.86. The monoisotopic (exact) mass is 190 g/mol. The molecule has 1 unspecified atom stereocenters. The first-order chi connectivity index (χ1) is 3.18. The second-order valence-electron chi connectivity index (χ2n) is 1.18. The van der Waals surface area contributed by atoms with Crippen molar-refractivity contribution >= 4 is 5.97 Å². The Bertz CT molecular complexity index is 76.4. The minimum atomic E-state index is -1.10. The second kappa shape index (κ2) is 5.67. The SMILES string of the molecule is [CH2-]CC([NH-])C(=O)O.[Y]. The van der Waals surface area contributed by atoms with Crippen LogP contribution in [0.3, 0.4) is 0 Å². The molecule has 0 heterocycles. The summed E-state index contributed by atoms with van der Waals surface area (Å²) in [5, 5.41) is 7.95. The Morgan fingerprint density at radius 3 is 2.25 bits per heavy atom. The Kier molecular flexibility index (Phi) is 8.04. The van der Waals surface area contributed by atoms with Crippen molar-refractivity contribution in [2.45, 2.75) is 12.5 Å². The smallest absolute Gasteiger partial charge is 0.282 e. The van der Waals surface area contributed by atoms with Gasteiger partial charge < -0.3 is 17.8 Å². The molecule has 0 amide bonds. The van der Waals surface area contributed by atoms with Gasteiger partial charge in [0.05, 0.1) is 0 Å². The molecule has 0 aliphatic carbocycles. The van der Waals surface area contributed by atoms with Crippen LogP contribution >= 0.6 is 0 Å². The zero-order valence-corrected chi connectivity index (χ0v) is 7.26. The maximum absolute atomic E-state index is 9.70. The van der Waals surface area contributed by atoms with E-state index >= 15 is 0 Å². The van der Waals surface area contributed by atoms with Crippen LogP contribution < -0.4 is 0 Å². The average Bonchev–Trinajstić information content (AvgIpc) is 1.65. The number of aliphatic carboxylic acids is 1. The standard InChI is InChI=1S/C4H7NO2.Y/c1-2-3(5)4(6)7;/h3,5H,1-2H2,(H,6,7);/q-2;. The fraction of sp³-hybridized carbons (Fsp3) is 0.500. The van der Waals surface area contributed by atoms with Gasteiger partial charge in [0.15, 0.2) is 0 Å². The summed E-state index contributed by atoms with van der Waals surface area (Å²) < 4.78 is 0. The normalized spacial score (nSPS) is 11.8. The summed E-state index contributed by atoms with van der Waals surface area (Å²) in [5.74, 6) is -1.10. The van der Waals surface area contributed by atoms with Crippen LogP contribution in [-0.2, 0) is 37.5 Å². The van der Waals surface area contributed by atoms with Crippen LogP contribution in [-0.4, -0.2) is 17.1 Å². The summed E-state index contributed by atoms with van der Waals surface area (Å²) >= 11 is 0. The largest absolute Gasteiger partial charge is 0.668 e. The van der Waals surface area contributed by atoms with Crippen LogP contribution in [0.2, 0.25) is 0 Å². The van der Waals surface area contributed by atoms with Crippen LogP contribution in [0.1, 0.15) is 6.42 Å². The molecule has 0 aromatic rings. The predicted molar refractivity (Wildman–Crippen MR) is 25.7 cm³/mol. The number of carbonyl (C=O) groups is 1. The van der Waals surface area contributed by atoms with E-state index in [2.05, 4.69) is 6.92 Å². The van der Waals surface area contributed by atoms with Crippen LogP contribution in [0.15, 0.2) is 0 Å². The molecular formula is C4H7NO2Y-2. The van der Waals surface area contributed by atoms with Crippen molar-refractivity contribution in [2.24, 2.45) is 0 Å². The molecule has 2 N–H and O–H groups in total. The molecule has 0 aromatic heterocycles. The summed E-state index contributed by atoms with van der Waals surface area (Å²) in [4.78, 5) is 9.70. The Morgan fingerprint density at radius 1 is 1.88 bits per heavy atom. The number of carboxylic acid groups (broad SMARTS) is 1. The molecule has 0 aliphatic heterocycles. The average molecular weight is 190 g/mol. The number of nitrogens with one attached hydrogen (secondary N) is 1. The number of carboxylic acids is 1. The fourth-order valence-electron chi connectivity index (χ4n) is 0.123. The van der Waals surface area contributed by atoms with Gasteiger partial charge in [0.1, 0.15) is 0 Å². The molecule has 0 fully saturated rings. The topological polar surface area (TPSA) is 61.1 Å². The van der Waals surface area contributed by atoms with Gasteiger partial charge >= 0.3 is 0 Å². The molecule has 45 valence electrons. The molecule has 0 bridgehead atoms. The van der Waals surface area contributed by atoms with E-state index in [0.29, 0.717) is 0 Å². The summed E-state index contributed by atoms with van der Waals surface area (Å²) in [6, 6.07) is -1.04. The number of rotatable bonds is 2. The van der Waals surface area contributed by atoms with E-state index < -0.39 is 12.0 Å². The quantitative estimate of drug-likeness (QED) is 0.651. The minimum Gasteiger partial charge on any atom is -0.668 e. The van der Waals surface area contributed by atoms with Gasteiger partial charge in [-0.15, -0.1) is 0 Å². The van der Waals surface area contributed by atoms with Crippen LogP contribution in [0.5, 0.6) is 0 Å². The zero-order valence-electron chi connectivity index (χ0n) is 4.42. The van der Waals surface area contributed by atoms with Gasteiger partial charge in [-0.3, -0.25) is 4.79 Å². The van der Waals surface area contributed by atoms with Crippen molar-refractivity contribution < 1.29 is 42.6 Å². The van der Waals surface area contributed by atoms with E-state index in [1.165, 1.54) is 0 Å². The van der Waals surface area contributed by atoms with Crippen LogP contribution in [0.25, 0.3) is 5.73 Å². The van der Waals surface area contributed by atoms with E-state index in [-0.39, 0.29) is 39.1 Å². The molecule has 1 radical (unpaired) electrons. The van der Waals surface area contributed by atoms with E-state index in [1.54, 1.807) is 0 Å². The van der Waals surface area contributed by atoms with Crippen molar-refractivity contribution in [3.63, 3.8) is 0 Å². The first-order valence-corrected chi connectivity index (χ1v) is 1.91. The van der Waals surface area contributed by atoms with E-state index in [0.717, 1.165) is 0 Å². The summed E-state index contributed by atoms with van der Waals surface area (Å²) in [6.45, 7) is 3.24. The fourth-order valence-corrected chi connectivity index (χ4v) is 0.123. The molecule has 8 heavy (non-hydrogen) atoms. The third kappa shape index (κ3) is 4.69. The molecule has 0 aliphatic rings. The number of hydrogen-bond donors (Lipinski definition) is 1. The van der Waals surface area contributed by atoms with Crippen molar-refractivity contribution in [1.82, 2.24) is 0 Å². The summed E-state index contributed by atoms with van der Waals surface area (Å²) in [5.41, 5.74) is 6.61. The first-order valence-electron chi connectivity index (χ1n) is 1.91. The predicted octanol–water partition coefficient (Wildman–Crippen LogP) is 0.713. The summed E-state index contributed by atoms with van der Waals surface area (Å²) in [6.07, 6.45) is 0.134. The third-order valence-electron chi connectivity index (χ3n) is 0.587. The van der Waals surface area contributed by atoms with Gasteiger partial charge in [-0.2, -0.15) is 6.42 Å². The van der Waals surface area contributed by atoms with Gasteiger partial charge in [0, 0.05) is 32.7 Å². The van der Waals surface area contributed by atoms with Crippen LogP contribution in [0, 0.1) is 6.92 Å². The van der Waals surface area contributed by atoms with E-state index in [4.69, 9.17) is 10.8 Å². The Hall–Kier alpha value is 0.534. The maximum atomic E-state index is 9.70. The van der Waals surface area contributed by atoms with E-state index in [1.807, 2.05) is 0 Å². The van der Waals surface area contributed by atoms with Gasteiger partial charge in [0.25, 0.3) is 5.97 Å². The maximum Gasteiger partial charge on any atom is 0.282 e. The minimum absolute atomic E-state index is 0. The molecular weight excluding hydrogens is 183 g/mol. The molecule has 0 aromatic carbocycles. The van der Waals surface area contributed by atoms with Crippen molar-refractivity contribution in [3.05, 3.63) is 12.7 Å².